The van der Waals surface area contributed by atoms with E-state index < -0.39 is 7.82 Å². The fourth-order valence-electron chi connectivity index (χ4n) is 4.01. The number of quaternary nitrogens is 1. The van der Waals surface area contributed by atoms with Crippen molar-refractivity contribution < 1.29 is 28.1 Å². The lowest BCUT2D eigenvalue weighted by molar-refractivity contribution is -0.925. The number of phosphoric ester groups is 1. The molecule has 0 unspecified atom stereocenters. The minimum absolute atomic E-state index is 0.0324. The molecular weight excluding hydrogens is 449 g/mol. The lowest BCUT2D eigenvalue weighted by atomic mass is 10.2. The Bertz CT molecular complexity index is 1150. The van der Waals surface area contributed by atoms with Crippen molar-refractivity contribution in [1.82, 2.24) is 0 Å². The number of fused-ring (bicyclic) bond motifs is 2. The van der Waals surface area contributed by atoms with Gasteiger partial charge in [-0.3, -0.25) is 9.32 Å². The Labute approximate surface area is 192 Å². The standard InChI is InChI=1S/C23H30NO6PS/c1-3-24(4-2,14-8-16-30-31(26,27)28)13-7-15-29-18-11-12-22-20(17-18)23(25)19-9-5-6-10-21(19)32-22/h5-6,9-12,17H,3-4,7-8,13-16H2,1-2H3,(H-,26,27,28)/p+1. The molecule has 0 spiro atoms. The minimum atomic E-state index is -4.41. The molecule has 3 aromatic rings. The molecule has 174 valence electrons. The largest absolute Gasteiger partial charge is 0.493 e. The van der Waals surface area contributed by atoms with Crippen molar-refractivity contribution in [2.24, 2.45) is 0 Å². The minimum Gasteiger partial charge on any atom is -0.493 e. The monoisotopic (exact) mass is 480 g/mol. The second-order valence-corrected chi connectivity index (χ2v) is 10.2. The van der Waals surface area contributed by atoms with E-state index in [1.807, 2.05) is 42.5 Å². The van der Waals surface area contributed by atoms with Crippen molar-refractivity contribution in [3.8, 4) is 5.75 Å². The van der Waals surface area contributed by atoms with E-state index >= 15 is 0 Å². The van der Waals surface area contributed by atoms with Crippen molar-refractivity contribution in [3.05, 3.63) is 52.7 Å². The highest BCUT2D eigenvalue weighted by atomic mass is 32.1. The van der Waals surface area contributed by atoms with Gasteiger partial charge in [0.2, 0.25) is 0 Å². The zero-order chi connectivity index (χ0) is 23.2. The predicted octanol–water partition coefficient (Wildman–Crippen LogP) is 4.54. The van der Waals surface area contributed by atoms with Crippen LogP contribution in [-0.2, 0) is 9.09 Å². The summed E-state index contributed by atoms with van der Waals surface area (Å²) in [5.41, 5.74) is 0.0324. The van der Waals surface area contributed by atoms with Crippen LogP contribution in [0.3, 0.4) is 0 Å². The Morgan fingerprint density at radius 3 is 2.28 bits per heavy atom. The third-order valence-electron chi connectivity index (χ3n) is 5.97. The quantitative estimate of drug-likeness (QED) is 0.171. The smallest absolute Gasteiger partial charge is 0.469 e. The second kappa shape index (κ2) is 10.9. The normalized spacial score (nSPS) is 12.5. The van der Waals surface area contributed by atoms with Gasteiger partial charge in [0.25, 0.3) is 0 Å². The summed E-state index contributed by atoms with van der Waals surface area (Å²) in [7, 11) is -4.41. The molecule has 0 atom stereocenters. The molecule has 0 aliphatic carbocycles. The van der Waals surface area contributed by atoms with Crippen LogP contribution in [0.25, 0.3) is 20.2 Å². The van der Waals surface area contributed by atoms with E-state index in [1.165, 1.54) is 0 Å². The van der Waals surface area contributed by atoms with Gasteiger partial charge in [0.15, 0.2) is 5.43 Å². The molecule has 3 rings (SSSR count). The summed E-state index contributed by atoms with van der Waals surface area (Å²) >= 11 is 1.61. The van der Waals surface area contributed by atoms with Crippen LogP contribution in [0.4, 0.5) is 0 Å². The average molecular weight is 481 g/mol. The molecule has 0 bridgehead atoms. The van der Waals surface area contributed by atoms with Gasteiger partial charge in [-0.25, -0.2) is 4.57 Å². The maximum Gasteiger partial charge on any atom is 0.469 e. The third-order valence-corrected chi connectivity index (χ3v) is 7.64. The van der Waals surface area contributed by atoms with Crippen LogP contribution in [0.5, 0.6) is 5.75 Å². The van der Waals surface area contributed by atoms with Gasteiger partial charge in [0, 0.05) is 33.0 Å². The van der Waals surface area contributed by atoms with E-state index in [2.05, 4.69) is 18.4 Å². The van der Waals surface area contributed by atoms with Crippen LogP contribution in [0, 0.1) is 0 Å². The van der Waals surface area contributed by atoms with E-state index in [9.17, 15) is 9.36 Å². The molecule has 32 heavy (non-hydrogen) atoms. The first kappa shape index (κ1) is 24.8. The number of benzene rings is 2. The molecule has 0 radical (unpaired) electrons. The summed E-state index contributed by atoms with van der Waals surface area (Å²) in [5, 5.41) is 1.42. The average Bonchev–Trinajstić information content (AvgIpc) is 2.78. The summed E-state index contributed by atoms with van der Waals surface area (Å²) in [6.07, 6.45) is 1.42. The molecule has 0 amide bonds. The van der Waals surface area contributed by atoms with Crippen LogP contribution < -0.4 is 10.2 Å². The lowest BCUT2D eigenvalue weighted by Crippen LogP contribution is -2.49. The molecule has 7 nitrogen and oxygen atoms in total. The van der Waals surface area contributed by atoms with Crippen LogP contribution in [0.1, 0.15) is 26.7 Å². The van der Waals surface area contributed by atoms with Crippen LogP contribution in [-0.4, -0.2) is 53.7 Å². The Hall–Kier alpha value is -1.80. The molecule has 1 heterocycles. The number of nitrogens with zero attached hydrogens (tertiary/aromatic N) is 1. The maximum atomic E-state index is 12.9. The molecule has 2 aromatic carbocycles. The van der Waals surface area contributed by atoms with Crippen LogP contribution in [0.15, 0.2) is 47.3 Å². The van der Waals surface area contributed by atoms with E-state index in [-0.39, 0.29) is 12.0 Å². The number of hydrogen-bond acceptors (Lipinski definition) is 5. The summed E-state index contributed by atoms with van der Waals surface area (Å²) in [4.78, 5) is 30.5. The first-order chi connectivity index (χ1) is 15.3. The SMILES string of the molecule is CC[N+](CC)(CCCOc1ccc2sc3ccccc3c(=O)c2c1)CCCOP(=O)(O)O. The fourth-order valence-corrected chi connectivity index (χ4v) is 5.43. The topological polar surface area (TPSA) is 93.1 Å². The Kier molecular flexibility index (Phi) is 8.44. The first-order valence-electron chi connectivity index (χ1n) is 10.9. The Balaban J connectivity index is 1.58. The lowest BCUT2D eigenvalue weighted by Gasteiger charge is -2.37. The molecule has 9 heteroatoms. The van der Waals surface area contributed by atoms with Gasteiger partial charge in [0.1, 0.15) is 5.75 Å². The van der Waals surface area contributed by atoms with Crippen molar-refractivity contribution in [3.63, 3.8) is 0 Å². The summed E-state index contributed by atoms with van der Waals surface area (Å²) in [6.45, 7) is 8.37. The molecular formula is C23H31NO6PS+. The summed E-state index contributed by atoms with van der Waals surface area (Å²) in [6, 6.07) is 13.3. The van der Waals surface area contributed by atoms with E-state index in [0.29, 0.717) is 24.2 Å². The third kappa shape index (κ3) is 6.38. The van der Waals surface area contributed by atoms with Gasteiger partial charge in [0.05, 0.1) is 39.4 Å². The van der Waals surface area contributed by atoms with Gasteiger partial charge < -0.3 is 19.0 Å². The highest BCUT2D eigenvalue weighted by Gasteiger charge is 2.23. The zero-order valence-electron chi connectivity index (χ0n) is 18.5. The Morgan fingerprint density at radius 2 is 1.59 bits per heavy atom. The van der Waals surface area contributed by atoms with Gasteiger partial charge in [-0.05, 0) is 44.2 Å². The highest BCUT2D eigenvalue weighted by molar-refractivity contribution is 7.46. The molecule has 0 saturated heterocycles. The second-order valence-electron chi connectivity index (χ2n) is 7.89. The number of hydrogen-bond donors (Lipinski definition) is 2. The molecule has 2 N–H and O–H groups in total. The Morgan fingerprint density at radius 1 is 0.938 bits per heavy atom. The molecule has 0 fully saturated rings. The van der Waals surface area contributed by atoms with E-state index in [4.69, 9.17) is 14.5 Å². The predicted molar refractivity (Wildman–Crippen MR) is 129 cm³/mol. The van der Waals surface area contributed by atoms with Crippen molar-refractivity contribution >= 4 is 39.3 Å². The zero-order valence-corrected chi connectivity index (χ0v) is 20.2. The highest BCUT2D eigenvalue weighted by Crippen LogP contribution is 2.35. The van der Waals surface area contributed by atoms with E-state index in [1.54, 1.807) is 11.3 Å². The fraction of sp³-hybridized carbons (Fsp3) is 0.435. The van der Waals surface area contributed by atoms with Crippen LogP contribution in [0.2, 0.25) is 0 Å². The number of ether oxygens (including phenoxy) is 1. The van der Waals surface area contributed by atoms with Crippen molar-refractivity contribution in [2.75, 3.05) is 39.4 Å². The van der Waals surface area contributed by atoms with E-state index in [0.717, 1.165) is 51.9 Å². The van der Waals surface area contributed by atoms with Crippen molar-refractivity contribution in [2.45, 2.75) is 26.7 Å². The van der Waals surface area contributed by atoms with Gasteiger partial charge >= 0.3 is 7.82 Å². The van der Waals surface area contributed by atoms with Gasteiger partial charge in [-0.1, -0.05) is 12.1 Å². The molecule has 0 aliphatic heterocycles. The number of phosphoric acid groups is 1. The molecule has 0 saturated carbocycles. The maximum absolute atomic E-state index is 12.9. The summed E-state index contributed by atoms with van der Waals surface area (Å²) in [5.74, 6) is 0.693. The molecule has 1 aromatic heterocycles. The van der Waals surface area contributed by atoms with Crippen LogP contribution >= 0.6 is 19.2 Å². The van der Waals surface area contributed by atoms with Crippen molar-refractivity contribution in [1.29, 1.82) is 0 Å². The first-order valence-corrected chi connectivity index (χ1v) is 13.3. The van der Waals surface area contributed by atoms with Gasteiger partial charge in [-0.2, -0.15) is 0 Å². The summed E-state index contributed by atoms with van der Waals surface area (Å²) < 4.78 is 24.2. The van der Waals surface area contributed by atoms with Gasteiger partial charge in [-0.15, -0.1) is 11.3 Å². The number of rotatable bonds is 12. The molecule has 0 aliphatic rings.